The molecule has 0 aromatic carbocycles. The predicted molar refractivity (Wildman–Crippen MR) is 94.6 cm³/mol. The SMILES string of the molecule is CC(CNC(=O)C(C(C)C)N1CC(C)OC(C)C1)Cn1cccn1. The summed E-state index contributed by atoms with van der Waals surface area (Å²) in [6, 6.07) is 1.82. The number of aromatic nitrogens is 2. The van der Waals surface area contributed by atoms with Gasteiger partial charge in [0.05, 0.1) is 18.2 Å². The number of nitrogens with zero attached hydrogens (tertiary/aromatic N) is 3. The summed E-state index contributed by atoms with van der Waals surface area (Å²) in [5.41, 5.74) is 0. The highest BCUT2D eigenvalue weighted by atomic mass is 16.5. The van der Waals surface area contributed by atoms with E-state index >= 15 is 0 Å². The van der Waals surface area contributed by atoms with Crippen LogP contribution in [0.1, 0.15) is 34.6 Å². The zero-order valence-corrected chi connectivity index (χ0v) is 15.6. The van der Waals surface area contributed by atoms with Gasteiger partial charge < -0.3 is 10.1 Å². The van der Waals surface area contributed by atoms with Gasteiger partial charge in [-0.1, -0.05) is 20.8 Å². The number of carbonyl (C=O) groups is 1. The normalized spacial score (nSPS) is 24.8. The fourth-order valence-electron chi connectivity index (χ4n) is 3.51. The Morgan fingerprint density at radius 3 is 2.50 bits per heavy atom. The molecule has 0 bridgehead atoms. The van der Waals surface area contributed by atoms with Gasteiger partial charge in [-0.05, 0) is 31.7 Å². The Balaban J connectivity index is 1.89. The topological polar surface area (TPSA) is 59.4 Å². The monoisotopic (exact) mass is 336 g/mol. The van der Waals surface area contributed by atoms with Crippen molar-refractivity contribution in [2.45, 2.75) is 59.4 Å². The molecular formula is C18H32N4O2. The third kappa shape index (κ3) is 5.31. The lowest BCUT2D eigenvalue weighted by molar-refractivity contribution is -0.135. The van der Waals surface area contributed by atoms with E-state index in [1.165, 1.54) is 0 Å². The molecule has 4 atom stereocenters. The molecule has 1 aromatic heterocycles. The van der Waals surface area contributed by atoms with Crippen molar-refractivity contribution in [3.8, 4) is 0 Å². The second-order valence-electron chi connectivity index (χ2n) is 7.48. The fourth-order valence-corrected chi connectivity index (χ4v) is 3.51. The summed E-state index contributed by atoms with van der Waals surface area (Å²) < 4.78 is 7.70. The Labute approximate surface area is 145 Å². The molecule has 4 unspecified atom stereocenters. The van der Waals surface area contributed by atoms with Crippen LogP contribution in [0.4, 0.5) is 0 Å². The molecule has 1 aliphatic rings. The average Bonchev–Trinajstić information content (AvgIpc) is 2.96. The lowest BCUT2D eigenvalue weighted by atomic mass is 9.99. The highest BCUT2D eigenvalue weighted by Crippen LogP contribution is 2.18. The molecule has 2 heterocycles. The quantitative estimate of drug-likeness (QED) is 0.824. The van der Waals surface area contributed by atoms with E-state index < -0.39 is 0 Å². The standard InChI is InChI=1S/C18H32N4O2/c1-13(2)17(21-11-15(4)24-16(5)12-21)18(23)19-9-14(3)10-22-8-6-7-20-22/h6-8,13-17H,9-12H2,1-5H3,(H,19,23). The summed E-state index contributed by atoms with van der Waals surface area (Å²) >= 11 is 0. The van der Waals surface area contributed by atoms with E-state index in [1.54, 1.807) is 6.20 Å². The largest absolute Gasteiger partial charge is 0.373 e. The molecule has 1 saturated heterocycles. The summed E-state index contributed by atoms with van der Waals surface area (Å²) in [6.07, 6.45) is 4.06. The number of hydrogen-bond acceptors (Lipinski definition) is 4. The number of carbonyl (C=O) groups excluding carboxylic acids is 1. The second kappa shape index (κ2) is 8.62. The van der Waals surface area contributed by atoms with Crippen molar-refractivity contribution in [3.63, 3.8) is 0 Å². The summed E-state index contributed by atoms with van der Waals surface area (Å²) in [5, 5.41) is 7.36. The van der Waals surface area contributed by atoms with Crippen LogP contribution in [0.2, 0.25) is 0 Å². The highest BCUT2D eigenvalue weighted by molar-refractivity contribution is 5.82. The minimum Gasteiger partial charge on any atom is -0.373 e. The number of hydrogen-bond donors (Lipinski definition) is 1. The molecule has 2 rings (SSSR count). The number of nitrogens with one attached hydrogen (secondary N) is 1. The number of ether oxygens (including phenoxy) is 1. The van der Waals surface area contributed by atoms with Crippen LogP contribution < -0.4 is 5.32 Å². The van der Waals surface area contributed by atoms with Crippen LogP contribution in [0.25, 0.3) is 0 Å². The van der Waals surface area contributed by atoms with E-state index in [-0.39, 0.29) is 30.1 Å². The van der Waals surface area contributed by atoms with Crippen molar-refractivity contribution >= 4 is 5.91 Å². The molecule has 0 aliphatic carbocycles. The zero-order valence-electron chi connectivity index (χ0n) is 15.6. The first-order chi connectivity index (χ1) is 11.4. The first kappa shape index (κ1) is 18.9. The smallest absolute Gasteiger partial charge is 0.237 e. The maximum absolute atomic E-state index is 12.8. The summed E-state index contributed by atoms with van der Waals surface area (Å²) in [6.45, 7) is 13.6. The molecule has 136 valence electrons. The summed E-state index contributed by atoms with van der Waals surface area (Å²) in [7, 11) is 0. The third-order valence-corrected chi connectivity index (χ3v) is 4.42. The molecule has 6 nitrogen and oxygen atoms in total. The predicted octanol–water partition coefficient (Wildman–Crippen LogP) is 1.77. The van der Waals surface area contributed by atoms with E-state index in [1.807, 2.05) is 16.9 Å². The molecule has 1 fully saturated rings. The van der Waals surface area contributed by atoms with E-state index in [4.69, 9.17) is 4.74 Å². The van der Waals surface area contributed by atoms with Crippen molar-refractivity contribution in [2.24, 2.45) is 11.8 Å². The Morgan fingerprint density at radius 2 is 1.96 bits per heavy atom. The van der Waals surface area contributed by atoms with Gasteiger partial charge in [-0.3, -0.25) is 14.4 Å². The van der Waals surface area contributed by atoms with Crippen LogP contribution in [0.3, 0.4) is 0 Å². The second-order valence-corrected chi connectivity index (χ2v) is 7.48. The van der Waals surface area contributed by atoms with Crippen molar-refractivity contribution < 1.29 is 9.53 Å². The van der Waals surface area contributed by atoms with E-state index in [9.17, 15) is 4.79 Å². The van der Waals surface area contributed by atoms with Crippen LogP contribution in [0.5, 0.6) is 0 Å². The van der Waals surface area contributed by atoms with Gasteiger partial charge in [-0.15, -0.1) is 0 Å². The molecule has 0 spiro atoms. The molecule has 24 heavy (non-hydrogen) atoms. The van der Waals surface area contributed by atoms with Gasteiger partial charge in [-0.25, -0.2) is 0 Å². The van der Waals surface area contributed by atoms with E-state index in [0.717, 1.165) is 19.6 Å². The van der Waals surface area contributed by atoms with Gasteiger partial charge in [-0.2, -0.15) is 5.10 Å². The zero-order chi connectivity index (χ0) is 17.7. The third-order valence-electron chi connectivity index (χ3n) is 4.42. The van der Waals surface area contributed by atoms with Gasteiger partial charge in [0, 0.05) is 38.6 Å². The van der Waals surface area contributed by atoms with Crippen LogP contribution in [0.15, 0.2) is 18.5 Å². The van der Waals surface area contributed by atoms with Gasteiger partial charge in [0.2, 0.25) is 5.91 Å². The van der Waals surface area contributed by atoms with Crippen LogP contribution >= 0.6 is 0 Å². The summed E-state index contributed by atoms with van der Waals surface area (Å²) in [5.74, 6) is 0.728. The minimum absolute atomic E-state index is 0.101. The fraction of sp³-hybridized carbons (Fsp3) is 0.778. The molecule has 6 heteroatoms. The van der Waals surface area contributed by atoms with Crippen molar-refractivity contribution in [2.75, 3.05) is 19.6 Å². The highest BCUT2D eigenvalue weighted by Gasteiger charge is 2.34. The van der Waals surface area contributed by atoms with Crippen molar-refractivity contribution in [1.29, 1.82) is 0 Å². The molecular weight excluding hydrogens is 304 g/mol. The van der Waals surface area contributed by atoms with E-state index in [2.05, 4.69) is 49.9 Å². The maximum Gasteiger partial charge on any atom is 0.237 e. The molecule has 0 radical (unpaired) electrons. The van der Waals surface area contributed by atoms with Gasteiger partial charge in [0.25, 0.3) is 0 Å². The molecule has 1 N–H and O–H groups in total. The minimum atomic E-state index is -0.101. The Kier molecular flexibility index (Phi) is 6.80. The molecule has 1 aromatic rings. The van der Waals surface area contributed by atoms with Crippen LogP contribution in [-0.4, -0.2) is 58.5 Å². The Hall–Kier alpha value is -1.40. The Bertz CT molecular complexity index is 493. The Morgan fingerprint density at radius 1 is 1.29 bits per heavy atom. The number of rotatable bonds is 7. The first-order valence-corrected chi connectivity index (χ1v) is 9.01. The van der Waals surface area contributed by atoms with Crippen molar-refractivity contribution in [1.82, 2.24) is 20.0 Å². The van der Waals surface area contributed by atoms with Gasteiger partial charge in [0.15, 0.2) is 0 Å². The van der Waals surface area contributed by atoms with Gasteiger partial charge >= 0.3 is 0 Å². The van der Waals surface area contributed by atoms with Crippen LogP contribution in [-0.2, 0) is 16.1 Å². The molecule has 1 aliphatic heterocycles. The number of amides is 1. The first-order valence-electron chi connectivity index (χ1n) is 9.01. The van der Waals surface area contributed by atoms with Crippen molar-refractivity contribution in [3.05, 3.63) is 18.5 Å². The summed E-state index contributed by atoms with van der Waals surface area (Å²) in [4.78, 5) is 15.1. The molecule has 0 saturated carbocycles. The lowest BCUT2D eigenvalue weighted by Gasteiger charge is -2.41. The molecule has 1 amide bonds. The average molecular weight is 336 g/mol. The lowest BCUT2D eigenvalue weighted by Crippen LogP contribution is -2.57. The van der Waals surface area contributed by atoms with Crippen LogP contribution in [0, 0.1) is 11.8 Å². The van der Waals surface area contributed by atoms with E-state index in [0.29, 0.717) is 12.5 Å². The van der Waals surface area contributed by atoms with Gasteiger partial charge in [0.1, 0.15) is 0 Å². The number of morpholine rings is 1. The maximum atomic E-state index is 12.8.